The first-order valence-electron chi connectivity index (χ1n) is 7.64. The van der Waals surface area contributed by atoms with Crippen LogP contribution in [-0.4, -0.2) is 29.1 Å². The van der Waals surface area contributed by atoms with Crippen LogP contribution >= 0.6 is 0 Å². The zero-order chi connectivity index (χ0) is 13.2. The molecule has 1 saturated heterocycles. The predicted molar refractivity (Wildman–Crippen MR) is 74.2 cm³/mol. The van der Waals surface area contributed by atoms with Crippen LogP contribution < -0.4 is 5.32 Å². The second-order valence-corrected chi connectivity index (χ2v) is 6.50. The molecule has 2 rings (SSSR count). The fourth-order valence-electron chi connectivity index (χ4n) is 3.46. The van der Waals surface area contributed by atoms with Crippen molar-refractivity contribution in [1.29, 1.82) is 0 Å². The lowest BCUT2D eigenvalue weighted by molar-refractivity contribution is -0.133. The summed E-state index contributed by atoms with van der Waals surface area (Å²) in [6.45, 7) is 7.59. The van der Waals surface area contributed by atoms with Crippen LogP contribution in [0.4, 0.5) is 0 Å². The highest BCUT2D eigenvalue weighted by Crippen LogP contribution is 2.36. The van der Waals surface area contributed by atoms with Crippen molar-refractivity contribution in [3.05, 3.63) is 0 Å². The minimum atomic E-state index is -0.183. The molecule has 1 heterocycles. The number of rotatable bonds is 5. The van der Waals surface area contributed by atoms with Crippen molar-refractivity contribution in [3.8, 4) is 0 Å². The zero-order valence-electron chi connectivity index (χ0n) is 12.2. The summed E-state index contributed by atoms with van der Waals surface area (Å²) >= 11 is 0. The number of nitrogens with one attached hydrogen (secondary N) is 1. The van der Waals surface area contributed by atoms with Crippen LogP contribution in [0.5, 0.6) is 0 Å². The first-order valence-corrected chi connectivity index (χ1v) is 7.64. The highest BCUT2D eigenvalue weighted by molar-refractivity contribution is 5.89. The predicted octanol–water partition coefficient (Wildman–Crippen LogP) is 2.90. The number of unbranched alkanes of at least 4 members (excludes halogenated alkanes) is 1. The van der Waals surface area contributed by atoms with Gasteiger partial charge in [0.2, 0.25) is 5.91 Å². The van der Waals surface area contributed by atoms with Gasteiger partial charge in [-0.05, 0) is 32.1 Å². The second kappa shape index (κ2) is 5.60. The van der Waals surface area contributed by atoms with E-state index in [1.54, 1.807) is 0 Å². The highest BCUT2D eigenvalue weighted by Gasteiger charge is 2.50. The summed E-state index contributed by atoms with van der Waals surface area (Å²) in [5.74, 6) is 1.15. The Bertz CT molecular complexity index is 295. The molecule has 3 heteroatoms. The lowest BCUT2D eigenvalue weighted by Crippen LogP contribution is -2.44. The van der Waals surface area contributed by atoms with E-state index in [9.17, 15) is 4.79 Å². The van der Waals surface area contributed by atoms with Crippen LogP contribution in [0, 0.1) is 5.92 Å². The normalized spacial score (nSPS) is 26.8. The molecule has 1 aliphatic carbocycles. The van der Waals surface area contributed by atoms with Crippen LogP contribution in [0.3, 0.4) is 0 Å². The standard InChI is InChI=1S/C15H28N2O/c1-12(2)8-4-7-11-17-13(3)16-15(14(17)18)9-5-6-10-15/h12-13,16H,4-11H2,1-3H3. The second-order valence-electron chi connectivity index (χ2n) is 6.50. The van der Waals surface area contributed by atoms with Gasteiger partial charge in [-0.25, -0.2) is 0 Å². The number of amides is 1. The van der Waals surface area contributed by atoms with Crippen molar-refractivity contribution in [3.63, 3.8) is 0 Å². The zero-order valence-corrected chi connectivity index (χ0v) is 12.2. The molecule has 1 amide bonds. The monoisotopic (exact) mass is 252 g/mol. The summed E-state index contributed by atoms with van der Waals surface area (Å²) in [4.78, 5) is 14.6. The van der Waals surface area contributed by atoms with E-state index >= 15 is 0 Å². The van der Waals surface area contributed by atoms with Crippen molar-refractivity contribution in [2.45, 2.75) is 77.4 Å². The van der Waals surface area contributed by atoms with E-state index in [1.807, 2.05) is 0 Å². The third-order valence-corrected chi connectivity index (χ3v) is 4.51. The summed E-state index contributed by atoms with van der Waals surface area (Å²) in [6.07, 6.45) is 8.37. The van der Waals surface area contributed by atoms with Crippen LogP contribution in [-0.2, 0) is 4.79 Å². The smallest absolute Gasteiger partial charge is 0.244 e. The van der Waals surface area contributed by atoms with E-state index in [4.69, 9.17) is 0 Å². The number of hydrogen-bond acceptors (Lipinski definition) is 2. The molecule has 1 atom stereocenters. The number of carbonyl (C=O) groups excluding carboxylic acids is 1. The molecule has 2 fully saturated rings. The van der Waals surface area contributed by atoms with Gasteiger partial charge in [-0.3, -0.25) is 10.1 Å². The van der Waals surface area contributed by atoms with Gasteiger partial charge in [0.1, 0.15) is 0 Å². The van der Waals surface area contributed by atoms with E-state index in [2.05, 4.69) is 31.0 Å². The minimum Gasteiger partial charge on any atom is -0.326 e. The molecule has 104 valence electrons. The van der Waals surface area contributed by atoms with Crippen LogP contribution in [0.15, 0.2) is 0 Å². The first-order chi connectivity index (χ1) is 8.55. The van der Waals surface area contributed by atoms with Gasteiger partial charge < -0.3 is 4.90 Å². The molecule has 1 N–H and O–H groups in total. The third kappa shape index (κ3) is 2.71. The fraction of sp³-hybridized carbons (Fsp3) is 0.933. The Hall–Kier alpha value is -0.570. The van der Waals surface area contributed by atoms with Crippen molar-refractivity contribution < 1.29 is 4.79 Å². The van der Waals surface area contributed by atoms with Crippen molar-refractivity contribution in [2.24, 2.45) is 5.92 Å². The number of carbonyl (C=O) groups is 1. The Balaban J connectivity index is 1.83. The first kappa shape index (κ1) is 13.9. The lowest BCUT2D eigenvalue weighted by Gasteiger charge is -2.22. The van der Waals surface area contributed by atoms with E-state index in [-0.39, 0.29) is 11.7 Å². The largest absolute Gasteiger partial charge is 0.326 e. The maximum Gasteiger partial charge on any atom is 0.244 e. The molecular weight excluding hydrogens is 224 g/mol. The minimum absolute atomic E-state index is 0.183. The Morgan fingerprint density at radius 2 is 2.00 bits per heavy atom. The molecule has 0 aromatic heterocycles. The Labute approximate surface area is 111 Å². The van der Waals surface area contributed by atoms with E-state index in [1.165, 1.54) is 25.7 Å². The molecule has 0 aromatic carbocycles. The molecule has 2 aliphatic rings. The third-order valence-electron chi connectivity index (χ3n) is 4.51. The van der Waals surface area contributed by atoms with Gasteiger partial charge in [-0.15, -0.1) is 0 Å². The molecule has 1 spiro atoms. The van der Waals surface area contributed by atoms with Gasteiger partial charge in [0, 0.05) is 6.54 Å². The SMILES string of the molecule is CC(C)CCCCN1C(=O)C2(CCCC2)NC1C. The maximum atomic E-state index is 12.5. The van der Waals surface area contributed by atoms with Gasteiger partial charge in [0.05, 0.1) is 11.7 Å². The van der Waals surface area contributed by atoms with Crippen LogP contribution in [0.25, 0.3) is 0 Å². The average Bonchev–Trinajstić information content (AvgIpc) is 2.85. The van der Waals surface area contributed by atoms with Gasteiger partial charge in [-0.1, -0.05) is 39.5 Å². The fourth-order valence-corrected chi connectivity index (χ4v) is 3.46. The Morgan fingerprint density at radius 1 is 1.33 bits per heavy atom. The molecule has 1 unspecified atom stereocenters. The van der Waals surface area contributed by atoms with Crippen LogP contribution in [0.2, 0.25) is 0 Å². The summed E-state index contributed by atoms with van der Waals surface area (Å²) in [7, 11) is 0. The molecule has 1 aliphatic heterocycles. The number of nitrogens with zero attached hydrogens (tertiary/aromatic N) is 1. The molecule has 0 aromatic rings. The quantitative estimate of drug-likeness (QED) is 0.763. The van der Waals surface area contributed by atoms with Crippen molar-refractivity contribution >= 4 is 5.91 Å². The summed E-state index contributed by atoms with van der Waals surface area (Å²) in [6, 6.07) is 0. The van der Waals surface area contributed by atoms with Gasteiger partial charge in [-0.2, -0.15) is 0 Å². The lowest BCUT2D eigenvalue weighted by atomic mass is 9.98. The van der Waals surface area contributed by atoms with Gasteiger partial charge in [0.25, 0.3) is 0 Å². The Kier molecular flexibility index (Phi) is 4.31. The van der Waals surface area contributed by atoms with E-state index in [0.29, 0.717) is 5.91 Å². The number of hydrogen-bond donors (Lipinski definition) is 1. The summed E-state index contributed by atoms with van der Waals surface area (Å²) in [5, 5.41) is 3.56. The summed E-state index contributed by atoms with van der Waals surface area (Å²) < 4.78 is 0. The van der Waals surface area contributed by atoms with Crippen molar-refractivity contribution in [2.75, 3.05) is 6.54 Å². The Morgan fingerprint density at radius 3 is 2.61 bits per heavy atom. The topological polar surface area (TPSA) is 32.3 Å². The average molecular weight is 252 g/mol. The summed E-state index contributed by atoms with van der Waals surface area (Å²) in [5.41, 5.74) is -0.183. The van der Waals surface area contributed by atoms with E-state index < -0.39 is 0 Å². The van der Waals surface area contributed by atoms with E-state index in [0.717, 1.165) is 31.7 Å². The van der Waals surface area contributed by atoms with Crippen LogP contribution in [0.1, 0.15) is 65.7 Å². The molecule has 18 heavy (non-hydrogen) atoms. The van der Waals surface area contributed by atoms with Gasteiger partial charge in [0.15, 0.2) is 0 Å². The molecular formula is C15H28N2O. The molecule has 0 bridgehead atoms. The highest BCUT2D eigenvalue weighted by atomic mass is 16.2. The molecule has 0 radical (unpaired) electrons. The van der Waals surface area contributed by atoms with Gasteiger partial charge >= 0.3 is 0 Å². The molecule has 1 saturated carbocycles. The van der Waals surface area contributed by atoms with Crippen molar-refractivity contribution in [1.82, 2.24) is 10.2 Å². The molecule has 3 nitrogen and oxygen atoms in total. The maximum absolute atomic E-state index is 12.5.